The first kappa shape index (κ1) is 15.8. The van der Waals surface area contributed by atoms with Gasteiger partial charge in [0, 0.05) is 19.8 Å². The van der Waals surface area contributed by atoms with Gasteiger partial charge in [0.2, 0.25) is 0 Å². The number of carbonyl (C=O) groups is 2. The smallest absolute Gasteiger partial charge is 0.339 e. The number of amides is 1. The molecule has 0 aliphatic carbocycles. The zero-order chi connectivity index (χ0) is 15.6. The average molecular weight is 462 g/mol. The average Bonchev–Trinajstić information content (AvgIpc) is 2.41. The van der Waals surface area contributed by atoms with Crippen LogP contribution in [0.2, 0.25) is 0 Å². The first-order chi connectivity index (χ1) is 9.88. The monoisotopic (exact) mass is 461 g/mol. The van der Waals surface area contributed by atoms with Crippen molar-refractivity contribution < 1.29 is 19.8 Å². The number of aromatic hydroxyl groups is 1. The molecule has 0 aliphatic heterocycles. The van der Waals surface area contributed by atoms with E-state index in [1.54, 1.807) is 12.1 Å². The Bertz CT molecular complexity index is 733. The van der Waals surface area contributed by atoms with Crippen molar-refractivity contribution in [2.75, 3.05) is 5.32 Å². The number of rotatable bonds is 3. The van der Waals surface area contributed by atoms with Crippen LogP contribution in [0.1, 0.15) is 20.7 Å². The number of phenols is 1. The quantitative estimate of drug-likeness (QED) is 0.608. The molecule has 2 rings (SSSR count). The van der Waals surface area contributed by atoms with Crippen molar-refractivity contribution in [1.29, 1.82) is 0 Å². The van der Waals surface area contributed by atoms with Crippen molar-refractivity contribution in [3.8, 4) is 5.75 Å². The van der Waals surface area contributed by atoms with Gasteiger partial charge in [-0.2, -0.15) is 0 Å². The van der Waals surface area contributed by atoms with Crippen molar-refractivity contribution >= 4 is 56.1 Å². The SMILES string of the molecule is O=C(O)c1ccc(NC(=O)c2cc(Br)ccc2I)cc1O. The standard InChI is InChI=1S/C14H9BrINO4/c15-7-1-4-11(16)10(5-7)13(19)17-8-2-3-9(14(20)21)12(18)6-8/h1-6,18H,(H,17,19)(H,20,21). The molecule has 0 aliphatic rings. The predicted octanol–water partition coefficient (Wildman–Crippen LogP) is 3.71. The van der Waals surface area contributed by atoms with E-state index in [0.29, 0.717) is 11.3 Å². The third-order valence-electron chi connectivity index (χ3n) is 2.66. The summed E-state index contributed by atoms with van der Waals surface area (Å²) in [5.41, 5.74) is 0.579. The van der Waals surface area contributed by atoms with Gasteiger partial charge in [-0.3, -0.25) is 4.79 Å². The number of nitrogens with one attached hydrogen (secondary N) is 1. The molecular formula is C14H9BrINO4. The van der Waals surface area contributed by atoms with Crippen LogP contribution in [0.4, 0.5) is 5.69 Å². The molecule has 2 aromatic rings. The molecule has 0 unspecified atom stereocenters. The van der Waals surface area contributed by atoms with E-state index in [1.807, 2.05) is 28.7 Å². The lowest BCUT2D eigenvalue weighted by molar-refractivity contribution is 0.0693. The molecule has 1 amide bonds. The van der Waals surface area contributed by atoms with Gasteiger partial charge in [0.1, 0.15) is 11.3 Å². The van der Waals surface area contributed by atoms with Crippen molar-refractivity contribution in [2.45, 2.75) is 0 Å². The molecule has 2 aromatic carbocycles. The van der Waals surface area contributed by atoms with Crippen LogP contribution in [0.3, 0.4) is 0 Å². The van der Waals surface area contributed by atoms with Crippen LogP contribution in [0.15, 0.2) is 40.9 Å². The molecule has 108 valence electrons. The number of anilines is 1. The zero-order valence-corrected chi connectivity index (χ0v) is 14.2. The molecule has 0 heterocycles. The molecule has 7 heteroatoms. The lowest BCUT2D eigenvalue weighted by Gasteiger charge is -2.09. The summed E-state index contributed by atoms with van der Waals surface area (Å²) in [7, 11) is 0. The molecule has 3 N–H and O–H groups in total. The summed E-state index contributed by atoms with van der Waals surface area (Å²) in [6.45, 7) is 0. The van der Waals surface area contributed by atoms with E-state index in [0.717, 1.165) is 8.04 Å². The van der Waals surface area contributed by atoms with Gasteiger partial charge in [0.15, 0.2) is 0 Å². The number of benzene rings is 2. The van der Waals surface area contributed by atoms with Crippen LogP contribution < -0.4 is 5.32 Å². The number of carboxylic acids is 1. The third-order valence-corrected chi connectivity index (χ3v) is 4.09. The number of hydrogen-bond donors (Lipinski definition) is 3. The topological polar surface area (TPSA) is 86.6 Å². The van der Waals surface area contributed by atoms with E-state index in [-0.39, 0.29) is 11.5 Å². The van der Waals surface area contributed by atoms with Crippen molar-refractivity contribution in [1.82, 2.24) is 0 Å². The van der Waals surface area contributed by atoms with Crippen molar-refractivity contribution in [3.05, 3.63) is 55.6 Å². The minimum Gasteiger partial charge on any atom is -0.507 e. The maximum atomic E-state index is 12.2. The minimum atomic E-state index is -1.23. The lowest BCUT2D eigenvalue weighted by atomic mass is 10.1. The van der Waals surface area contributed by atoms with E-state index < -0.39 is 11.7 Å². The highest BCUT2D eigenvalue weighted by molar-refractivity contribution is 14.1. The van der Waals surface area contributed by atoms with Gasteiger partial charge in [-0.25, -0.2) is 4.79 Å². The Balaban J connectivity index is 2.26. The van der Waals surface area contributed by atoms with Crippen LogP contribution in [0.25, 0.3) is 0 Å². The molecule has 0 saturated heterocycles. The molecular weight excluding hydrogens is 453 g/mol. The Kier molecular flexibility index (Phi) is 4.84. The number of carbonyl (C=O) groups excluding carboxylic acids is 1. The van der Waals surface area contributed by atoms with E-state index in [4.69, 9.17) is 5.11 Å². The molecule has 0 spiro atoms. The van der Waals surface area contributed by atoms with Crippen LogP contribution >= 0.6 is 38.5 Å². The highest BCUT2D eigenvalue weighted by atomic mass is 127. The van der Waals surface area contributed by atoms with Crippen LogP contribution in [-0.2, 0) is 0 Å². The van der Waals surface area contributed by atoms with Gasteiger partial charge in [-0.05, 0) is 52.9 Å². The summed E-state index contributed by atoms with van der Waals surface area (Å²) in [4.78, 5) is 23.0. The Labute approximate surface area is 142 Å². The fourth-order valence-electron chi connectivity index (χ4n) is 1.66. The number of hydrogen-bond acceptors (Lipinski definition) is 3. The first-order valence-corrected chi connectivity index (χ1v) is 7.58. The summed E-state index contributed by atoms with van der Waals surface area (Å²) in [5, 5.41) is 21.0. The highest BCUT2D eigenvalue weighted by Crippen LogP contribution is 2.24. The number of aromatic carboxylic acids is 1. The van der Waals surface area contributed by atoms with Crippen LogP contribution in [0.5, 0.6) is 5.75 Å². The molecule has 0 atom stereocenters. The molecule has 0 fully saturated rings. The molecule has 0 bridgehead atoms. The minimum absolute atomic E-state index is 0.218. The Hall–Kier alpha value is -1.61. The Morgan fingerprint density at radius 3 is 2.43 bits per heavy atom. The van der Waals surface area contributed by atoms with E-state index in [9.17, 15) is 14.7 Å². The van der Waals surface area contributed by atoms with E-state index in [1.165, 1.54) is 18.2 Å². The highest BCUT2D eigenvalue weighted by Gasteiger charge is 2.13. The summed E-state index contributed by atoms with van der Waals surface area (Å²) in [5.74, 6) is -1.97. The largest absolute Gasteiger partial charge is 0.507 e. The van der Waals surface area contributed by atoms with Crippen molar-refractivity contribution in [3.63, 3.8) is 0 Å². The third kappa shape index (κ3) is 3.73. The molecule has 21 heavy (non-hydrogen) atoms. The molecule has 0 radical (unpaired) electrons. The second-order valence-corrected chi connectivity index (χ2v) is 6.19. The maximum Gasteiger partial charge on any atom is 0.339 e. The normalized spacial score (nSPS) is 10.2. The summed E-state index contributed by atoms with van der Waals surface area (Å²) in [6.07, 6.45) is 0. The van der Waals surface area contributed by atoms with Gasteiger partial charge in [0.05, 0.1) is 5.56 Å². The van der Waals surface area contributed by atoms with E-state index >= 15 is 0 Å². The Morgan fingerprint density at radius 1 is 1.10 bits per heavy atom. The van der Waals surface area contributed by atoms with Crippen LogP contribution in [0, 0.1) is 3.57 Å². The van der Waals surface area contributed by atoms with Gasteiger partial charge in [0.25, 0.3) is 5.91 Å². The number of carboxylic acid groups (broad SMARTS) is 1. The summed E-state index contributed by atoms with van der Waals surface area (Å²) in [6, 6.07) is 9.16. The zero-order valence-electron chi connectivity index (χ0n) is 10.4. The fraction of sp³-hybridized carbons (Fsp3) is 0. The van der Waals surface area contributed by atoms with Crippen molar-refractivity contribution in [2.24, 2.45) is 0 Å². The molecule has 0 aromatic heterocycles. The van der Waals surface area contributed by atoms with Gasteiger partial charge < -0.3 is 15.5 Å². The van der Waals surface area contributed by atoms with Gasteiger partial charge >= 0.3 is 5.97 Å². The summed E-state index contributed by atoms with van der Waals surface area (Å²) < 4.78 is 1.55. The predicted molar refractivity (Wildman–Crippen MR) is 89.9 cm³/mol. The molecule has 5 nitrogen and oxygen atoms in total. The van der Waals surface area contributed by atoms with E-state index in [2.05, 4.69) is 21.2 Å². The second kappa shape index (κ2) is 6.44. The van der Waals surface area contributed by atoms with Crippen LogP contribution in [-0.4, -0.2) is 22.1 Å². The first-order valence-electron chi connectivity index (χ1n) is 5.71. The number of halogens is 2. The second-order valence-electron chi connectivity index (χ2n) is 4.12. The maximum absolute atomic E-state index is 12.2. The Morgan fingerprint density at radius 2 is 1.81 bits per heavy atom. The fourth-order valence-corrected chi connectivity index (χ4v) is 2.60. The van der Waals surface area contributed by atoms with Gasteiger partial charge in [-0.15, -0.1) is 0 Å². The summed E-state index contributed by atoms with van der Waals surface area (Å²) >= 11 is 5.35. The van der Waals surface area contributed by atoms with Gasteiger partial charge in [-0.1, -0.05) is 15.9 Å². The molecule has 0 saturated carbocycles. The lowest BCUT2D eigenvalue weighted by Crippen LogP contribution is -2.13.